The number of halogens is 1. The van der Waals surface area contributed by atoms with Gasteiger partial charge in [-0.15, -0.1) is 0 Å². The number of fused-ring (bicyclic) bond motifs is 1. The van der Waals surface area contributed by atoms with E-state index >= 15 is 0 Å². The van der Waals surface area contributed by atoms with Crippen molar-refractivity contribution in [2.45, 2.75) is 59.3 Å². The third kappa shape index (κ3) is 10.0. The zero-order chi connectivity index (χ0) is 22.5. The summed E-state index contributed by atoms with van der Waals surface area (Å²) in [5, 5.41) is 5.61. The number of benzene rings is 1. The van der Waals surface area contributed by atoms with E-state index in [2.05, 4.69) is 30.2 Å². The molecule has 1 aromatic carbocycles. The van der Waals surface area contributed by atoms with Crippen LogP contribution in [0, 0.1) is 5.92 Å². The van der Waals surface area contributed by atoms with Crippen LogP contribution in [0.5, 0.6) is 5.88 Å². The molecule has 0 aliphatic carbocycles. The number of unbranched alkanes of at least 4 members (excludes halogenated alkanes) is 5. The van der Waals surface area contributed by atoms with E-state index in [4.69, 9.17) is 16.3 Å². The minimum atomic E-state index is -0.0132. The van der Waals surface area contributed by atoms with E-state index in [9.17, 15) is 4.79 Å². The number of hydrogen-bond donors (Lipinski definition) is 1. The van der Waals surface area contributed by atoms with Gasteiger partial charge in [0, 0.05) is 35.3 Å². The van der Waals surface area contributed by atoms with E-state index in [1.807, 2.05) is 37.3 Å². The second-order valence-electron chi connectivity index (χ2n) is 8.32. The molecule has 1 amide bonds. The van der Waals surface area contributed by atoms with Gasteiger partial charge >= 0.3 is 0 Å². The van der Waals surface area contributed by atoms with Gasteiger partial charge in [-0.1, -0.05) is 69.0 Å². The molecule has 0 spiro atoms. The molecule has 0 saturated carbocycles. The lowest BCUT2D eigenvalue weighted by Gasteiger charge is -2.07. The van der Waals surface area contributed by atoms with Crippen molar-refractivity contribution in [3.63, 3.8) is 0 Å². The number of pyridine rings is 1. The van der Waals surface area contributed by atoms with Crippen molar-refractivity contribution in [3.8, 4) is 5.88 Å². The Balaban J connectivity index is 1.53. The Morgan fingerprint density at radius 2 is 1.97 bits per heavy atom. The second kappa shape index (κ2) is 13.9. The predicted molar refractivity (Wildman–Crippen MR) is 131 cm³/mol. The van der Waals surface area contributed by atoms with Crippen LogP contribution in [0.15, 0.2) is 54.3 Å². The van der Waals surface area contributed by atoms with Crippen molar-refractivity contribution in [1.29, 1.82) is 0 Å². The van der Waals surface area contributed by atoms with Crippen LogP contribution in [0.4, 0.5) is 0 Å². The summed E-state index contributed by atoms with van der Waals surface area (Å²) in [7, 11) is 0. The standard InChI is InChI=1S/C26H35ClN2O2/c1-20(2)18-28-25(30)16-21(3)12-9-7-5-4-6-8-10-15-31-26-17-22-13-11-14-24(27)23(22)19-29-26/h9,11-14,16-17,19-20H,4-8,10,15,18H2,1-3H3,(H,28,30). The van der Waals surface area contributed by atoms with E-state index in [-0.39, 0.29) is 5.91 Å². The number of aromatic nitrogens is 1. The molecule has 1 aromatic heterocycles. The first-order valence-electron chi connectivity index (χ1n) is 11.3. The lowest BCUT2D eigenvalue weighted by molar-refractivity contribution is -0.116. The number of rotatable bonds is 13. The van der Waals surface area contributed by atoms with Crippen LogP contribution in [0.25, 0.3) is 10.8 Å². The van der Waals surface area contributed by atoms with Crippen LogP contribution in [0.3, 0.4) is 0 Å². The largest absolute Gasteiger partial charge is 0.478 e. The third-order valence-corrected chi connectivity index (χ3v) is 5.21. The summed E-state index contributed by atoms with van der Waals surface area (Å²) in [6.45, 7) is 7.53. The van der Waals surface area contributed by atoms with Crippen molar-refractivity contribution < 1.29 is 9.53 Å². The van der Waals surface area contributed by atoms with E-state index in [0.717, 1.165) is 42.0 Å². The van der Waals surface area contributed by atoms with Gasteiger partial charge in [0.15, 0.2) is 0 Å². The zero-order valence-corrected chi connectivity index (χ0v) is 19.8. The van der Waals surface area contributed by atoms with Gasteiger partial charge in [0.25, 0.3) is 0 Å². The van der Waals surface area contributed by atoms with Crippen LogP contribution < -0.4 is 10.1 Å². The molecule has 0 atom stereocenters. The molecule has 0 unspecified atom stereocenters. The molecule has 2 aromatic rings. The van der Waals surface area contributed by atoms with Gasteiger partial charge in [0.1, 0.15) is 0 Å². The maximum Gasteiger partial charge on any atom is 0.244 e. The first-order valence-corrected chi connectivity index (χ1v) is 11.6. The van der Waals surface area contributed by atoms with Crippen LogP contribution in [0.2, 0.25) is 5.02 Å². The molecule has 168 valence electrons. The van der Waals surface area contributed by atoms with Gasteiger partial charge in [0.05, 0.1) is 6.61 Å². The average Bonchev–Trinajstić information content (AvgIpc) is 2.73. The summed E-state index contributed by atoms with van der Waals surface area (Å²) in [5.41, 5.74) is 0.989. The molecule has 31 heavy (non-hydrogen) atoms. The maximum absolute atomic E-state index is 11.7. The highest BCUT2D eigenvalue weighted by Gasteiger charge is 2.02. The van der Waals surface area contributed by atoms with E-state index in [1.54, 1.807) is 12.3 Å². The Kier molecular flexibility index (Phi) is 11.2. The van der Waals surface area contributed by atoms with Crippen LogP contribution in [-0.4, -0.2) is 24.0 Å². The Morgan fingerprint density at radius 1 is 1.19 bits per heavy atom. The van der Waals surface area contributed by atoms with Gasteiger partial charge < -0.3 is 10.1 Å². The maximum atomic E-state index is 11.7. The molecular formula is C26H35ClN2O2. The summed E-state index contributed by atoms with van der Waals surface area (Å²) >= 11 is 6.17. The Morgan fingerprint density at radius 3 is 2.77 bits per heavy atom. The van der Waals surface area contributed by atoms with Gasteiger partial charge in [0.2, 0.25) is 11.8 Å². The fourth-order valence-electron chi connectivity index (χ4n) is 3.14. The zero-order valence-electron chi connectivity index (χ0n) is 19.0. The van der Waals surface area contributed by atoms with E-state index < -0.39 is 0 Å². The molecule has 0 fully saturated rings. The molecule has 0 aliphatic rings. The molecule has 0 bridgehead atoms. The average molecular weight is 443 g/mol. The first kappa shape index (κ1) is 24.9. The fourth-order valence-corrected chi connectivity index (χ4v) is 3.38. The lowest BCUT2D eigenvalue weighted by atomic mass is 10.1. The molecule has 1 heterocycles. The highest BCUT2D eigenvalue weighted by atomic mass is 35.5. The van der Waals surface area contributed by atoms with E-state index in [1.165, 1.54) is 12.8 Å². The summed E-state index contributed by atoms with van der Waals surface area (Å²) < 4.78 is 5.78. The number of amides is 1. The van der Waals surface area contributed by atoms with Gasteiger partial charge in [-0.05, 0) is 49.1 Å². The first-order chi connectivity index (χ1) is 15.0. The van der Waals surface area contributed by atoms with Crippen molar-refractivity contribution in [2.75, 3.05) is 13.2 Å². The molecule has 2 rings (SSSR count). The van der Waals surface area contributed by atoms with Crippen molar-refractivity contribution in [1.82, 2.24) is 10.3 Å². The smallest absolute Gasteiger partial charge is 0.244 e. The summed E-state index contributed by atoms with van der Waals surface area (Å²) in [6.07, 6.45) is 14.4. The molecule has 1 N–H and O–H groups in total. The number of nitrogens with zero attached hydrogens (tertiary/aromatic N) is 1. The SMILES string of the molecule is CC(C=CCCCCCCCOc1cc2cccc(Cl)c2cn1)=CC(=O)NCC(C)C. The second-order valence-corrected chi connectivity index (χ2v) is 8.73. The number of nitrogens with one attached hydrogen (secondary N) is 1. The van der Waals surface area contributed by atoms with Gasteiger partial charge in [-0.2, -0.15) is 0 Å². The number of ether oxygens (including phenoxy) is 1. The molecule has 4 nitrogen and oxygen atoms in total. The molecule has 0 radical (unpaired) electrons. The predicted octanol–water partition coefficient (Wildman–Crippen LogP) is 6.88. The number of carbonyl (C=O) groups excluding carboxylic acids is 1. The topological polar surface area (TPSA) is 51.2 Å². The highest BCUT2D eigenvalue weighted by Crippen LogP contribution is 2.25. The number of hydrogen-bond acceptors (Lipinski definition) is 3. The van der Waals surface area contributed by atoms with E-state index in [0.29, 0.717) is 30.0 Å². The molecule has 0 saturated heterocycles. The minimum absolute atomic E-state index is 0.0132. The van der Waals surface area contributed by atoms with Crippen LogP contribution >= 0.6 is 11.6 Å². The van der Waals surface area contributed by atoms with Crippen LogP contribution in [-0.2, 0) is 4.79 Å². The van der Waals surface area contributed by atoms with Gasteiger partial charge in [-0.3, -0.25) is 4.79 Å². The number of carbonyl (C=O) groups is 1. The normalized spacial score (nSPS) is 12.1. The number of allylic oxidation sites excluding steroid dienone is 3. The third-order valence-electron chi connectivity index (χ3n) is 4.88. The Hall–Kier alpha value is -2.33. The summed E-state index contributed by atoms with van der Waals surface area (Å²) in [6, 6.07) is 7.76. The summed E-state index contributed by atoms with van der Waals surface area (Å²) in [5.74, 6) is 1.11. The quantitative estimate of drug-likeness (QED) is 0.209. The Labute approximate surface area is 191 Å². The Bertz CT molecular complexity index is 890. The van der Waals surface area contributed by atoms with Gasteiger partial charge in [-0.25, -0.2) is 4.98 Å². The van der Waals surface area contributed by atoms with Crippen LogP contribution in [0.1, 0.15) is 59.3 Å². The fraction of sp³-hybridized carbons (Fsp3) is 0.462. The van der Waals surface area contributed by atoms with Crippen molar-refractivity contribution in [3.05, 3.63) is 59.3 Å². The summed E-state index contributed by atoms with van der Waals surface area (Å²) in [4.78, 5) is 16.1. The van der Waals surface area contributed by atoms with Crippen molar-refractivity contribution >= 4 is 28.3 Å². The lowest BCUT2D eigenvalue weighted by Crippen LogP contribution is -2.25. The minimum Gasteiger partial charge on any atom is -0.478 e. The highest BCUT2D eigenvalue weighted by molar-refractivity contribution is 6.35. The molecule has 0 aliphatic heterocycles. The monoisotopic (exact) mass is 442 g/mol. The van der Waals surface area contributed by atoms with Crippen molar-refractivity contribution in [2.24, 2.45) is 5.92 Å². The molecular weight excluding hydrogens is 408 g/mol. The molecule has 5 heteroatoms.